The van der Waals surface area contributed by atoms with Crippen molar-refractivity contribution in [2.24, 2.45) is 17.6 Å². The highest BCUT2D eigenvalue weighted by Crippen LogP contribution is 2.21. The van der Waals surface area contributed by atoms with Crippen molar-refractivity contribution in [1.29, 1.82) is 0 Å². The number of carbonyl (C=O) groups excluding carboxylic acids is 1. The number of amides is 1. The standard InChI is InChI=1S/C14H28N2O3/c1-11(2)7-12(9-15)8-13(18)16-14(10-17)3-5-19-6-4-14/h11-12,17H,3-10,15H2,1-2H3,(H,16,18)/t12-/m0/s1. The van der Waals surface area contributed by atoms with Crippen LogP contribution in [0.25, 0.3) is 0 Å². The molecule has 0 aromatic heterocycles. The molecular formula is C14H28N2O3. The van der Waals surface area contributed by atoms with Gasteiger partial charge in [0.25, 0.3) is 0 Å². The molecule has 1 heterocycles. The number of ether oxygens (including phenoxy) is 1. The highest BCUT2D eigenvalue weighted by molar-refractivity contribution is 5.77. The Hall–Kier alpha value is -0.650. The molecule has 0 aliphatic carbocycles. The molecule has 0 radical (unpaired) electrons. The Morgan fingerprint density at radius 2 is 2.05 bits per heavy atom. The first-order valence-corrected chi connectivity index (χ1v) is 7.21. The van der Waals surface area contributed by atoms with E-state index in [4.69, 9.17) is 10.5 Å². The van der Waals surface area contributed by atoms with Gasteiger partial charge in [0.15, 0.2) is 0 Å². The molecule has 1 amide bonds. The van der Waals surface area contributed by atoms with Crippen LogP contribution in [0.15, 0.2) is 0 Å². The van der Waals surface area contributed by atoms with Crippen molar-refractivity contribution in [2.45, 2.75) is 45.1 Å². The zero-order chi connectivity index (χ0) is 14.3. The molecule has 0 unspecified atom stereocenters. The topological polar surface area (TPSA) is 84.6 Å². The van der Waals surface area contributed by atoms with Gasteiger partial charge in [0.2, 0.25) is 5.91 Å². The minimum absolute atomic E-state index is 0.00736. The Bertz CT molecular complexity index is 276. The molecule has 1 aliphatic heterocycles. The largest absolute Gasteiger partial charge is 0.394 e. The van der Waals surface area contributed by atoms with E-state index in [1.165, 1.54) is 0 Å². The quantitative estimate of drug-likeness (QED) is 0.635. The molecule has 5 nitrogen and oxygen atoms in total. The lowest BCUT2D eigenvalue weighted by molar-refractivity contribution is -0.126. The van der Waals surface area contributed by atoms with Gasteiger partial charge in [0.05, 0.1) is 12.1 Å². The molecule has 1 saturated heterocycles. The Labute approximate surface area is 115 Å². The summed E-state index contributed by atoms with van der Waals surface area (Å²) in [4.78, 5) is 12.1. The van der Waals surface area contributed by atoms with Gasteiger partial charge < -0.3 is 20.9 Å². The zero-order valence-corrected chi connectivity index (χ0v) is 12.2. The number of nitrogens with two attached hydrogens (primary N) is 1. The fourth-order valence-electron chi connectivity index (χ4n) is 2.62. The van der Waals surface area contributed by atoms with Crippen LogP contribution >= 0.6 is 0 Å². The third-order valence-corrected chi connectivity index (χ3v) is 3.77. The number of hydrogen-bond donors (Lipinski definition) is 3. The number of aliphatic hydroxyl groups is 1. The van der Waals surface area contributed by atoms with E-state index in [0.717, 1.165) is 6.42 Å². The third kappa shape index (κ3) is 5.47. The number of carbonyl (C=O) groups is 1. The van der Waals surface area contributed by atoms with Gasteiger partial charge >= 0.3 is 0 Å². The molecule has 5 heteroatoms. The Morgan fingerprint density at radius 3 is 2.53 bits per heavy atom. The van der Waals surface area contributed by atoms with E-state index >= 15 is 0 Å². The van der Waals surface area contributed by atoms with Gasteiger partial charge in [0, 0.05) is 19.6 Å². The minimum Gasteiger partial charge on any atom is -0.394 e. The van der Waals surface area contributed by atoms with Gasteiger partial charge in [-0.15, -0.1) is 0 Å². The van der Waals surface area contributed by atoms with E-state index in [9.17, 15) is 9.90 Å². The normalized spacial score (nSPS) is 20.3. The second kappa shape index (κ2) is 7.82. The fraction of sp³-hybridized carbons (Fsp3) is 0.929. The fourth-order valence-corrected chi connectivity index (χ4v) is 2.62. The van der Waals surface area contributed by atoms with E-state index in [1.54, 1.807) is 0 Å². The molecule has 1 rings (SSSR count). The first-order valence-electron chi connectivity index (χ1n) is 7.21. The van der Waals surface area contributed by atoms with Gasteiger partial charge in [0.1, 0.15) is 0 Å². The number of nitrogens with one attached hydrogen (secondary N) is 1. The van der Waals surface area contributed by atoms with Crippen molar-refractivity contribution < 1.29 is 14.6 Å². The lowest BCUT2D eigenvalue weighted by Crippen LogP contribution is -2.55. The Balaban J connectivity index is 2.47. The maximum absolute atomic E-state index is 12.1. The minimum atomic E-state index is -0.494. The second-order valence-corrected chi connectivity index (χ2v) is 6.03. The van der Waals surface area contributed by atoms with E-state index < -0.39 is 5.54 Å². The number of rotatable bonds is 7. The highest BCUT2D eigenvalue weighted by atomic mass is 16.5. The van der Waals surface area contributed by atoms with Crippen LogP contribution in [0.4, 0.5) is 0 Å². The van der Waals surface area contributed by atoms with Crippen molar-refractivity contribution in [3.05, 3.63) is 0 Å². The zero-order valence-electron chi connectivity index (χ0n) is 12.2. The molecule has 1 fully saturated rings. The lowest BCUT2D eigenvalue weighted by atomic mass is 9.89. The summed E-state index contributed by atoms with van der Waals surface area (Å²) in [6.45, 7) is 5.95. The number of aliphatic hydroxyl groups excluding tert-OH is 1. The molecule has 0 aromatic rings. The maximum atomic E-state index is 12.1. The lowest BCUT2D eigenvalue weighted by Gasteiger charge is -2.36. The van der Waals surface area contributed by atoms with Crippen molar-refractivity contribution in [1.82, 2.24) is 5.32 Å². The van der Waals surface area contributed by atoms with E-state index in [1.807, 2.05) is 0 Å². The molecule has 0 bridgehead atoms. The predicted molar refractivity (Wildman–Crippen MR) is 74.6 cm³/mol. The van der Waals surface area contributed by atoms with Crippen LogP contribution in [0.3, 0.4) is 0 Å². The number of hydrogen-bond acceptors (Lipinski definition) is 4. The van der Waals surface area contributed by atoms with Gasteiger partial charge in [-0.3, -0.25) is 4.79 Å². The molecule has 112 valence electrons. The van der Waals surface area contributed by atoms with Crippen LogP contribution in [0, 0.1) is 11.8 Å². The molecule has 19 heavy (non-hydrogen) atoms. The average molecular weight is 272 g/mol. The smallest absolute Gasteiger partial charge is 0.220 e. The molecule has 0 saturated carbocycles. The average Bonchev–Trinajstić information content (AvgIpc) is 2.38. The van der Waals surface area contributed by atoms with Gasteiger partial charge in [-0.2, -0.15) is 0 Å². The van der Waals surface area contributed by atoms with Crippen LogP contribution in [-0.2, 0) is 9.53 Å². The molecule has 0 aromatic carbocycles. The predicted octanol–water partition coefficient (Wildman–Crippen LogP) is 0.655. The molecule has 1 aliphatic rings. The summed E-state index contributed by atoms with van der Waals surface area (Å²) >= 11 is 0. The van der Waals surface area contributed by atoms with Crippen LogP contribution in [0.2, 0.25) is 0 Å². The van der Waals surface area contributed by atoms with E-state index in [2.05, 4.69) is 19.2 Å². The first-order chi connectivity index (χ1) is 9.01. The maximum Gasteiger partial charge on any atom is 0.220 e. The third-order valence-electron chi connectivity index (χ3n) is 3.77. The summed E-state index contributed by atoms with van der Waals surface area (Å²) in [7, 11) is 0. The van der Waals surface area contributed by atoms with Crippen LogP contribution in [0.1, 0.15) is 39.5 Å². The summed E-state index contributed by atoms with van der Waals surface area (Å²) in [6, 6.07) is 0. The van der Waals surface area contributed by atoms with Crippen molar-refractivity contribution in [2.75, 3.05) is 26.4 Å². The summed E-state index contributed by atoms with van der Waals surface area (Å²) < 4.78 is 5.28. The van der Waals surface area contributed by atoms with Crippen molar-refractivity contribution >= 4 is 5.91 Å². The molecule has 1 atom stereocenters. The van der Waals surface area contributed by atoms with Crippen LogP contribution < -0.4 is 11.1 Å². The summed E-state index contributed by atoms with van der Waals surface area (Å²) in [5, 5.41) is 12.5. The monoisotopic (exact) mass is 272 g/mol. The van der Waals surface area contributed by atoms with E-state index in [-0.39, 0.29) is 18.4 Å². The first kappa shape index (κ1) is 16.4. The summed E-state index contributed by atoms with van der Waals surface area (Å²) in [5.41, 5.74) is 5.22. The Kier molecular flexibility index (Phi) is 6.75. The van der Waals surface area contributed by atoms with Crippen LogP contribution in [0.5, 0.6) is 0 Å². The van der Waals surface area contributed by atoms with E-state index in [0.29, 0.717) is 44.9 Å². The SMILES string of the molecule is CC(C)C[C@H](CN)CC(=O)NC1(CO)CCOCC1. The van der Waals surface area contributed by atoms with Crippen molar-refractivity contribution in [3.63, 3.8) is 0 Å². The van der Waals surface area contributed by atoms with Crippen LogP contribution in [-0.4, -0.2) is 42.9 Å². The summed E-state index contributed by atoms with van der Waals surface area (Å²) in [5.74, 6) is 0.749. The highest BCUT2D eigenvalue weighted by Gasteiger charge is 2.33. The van der Waals surface area contributed by atoms with Gasteiger partial charge in [-0.05, 0) is 37.6 Å². The summed E-state index contributed by atoms with van der Waals surface area (Å²) in [6.07, 6.45) is 2.75. The second-order valence-electron chi connectivity index (χ2n) is 6.03. The molecule has 0 spiro atoms. The Morgan fingerprint density at radius 1 is 1.42 bits per heavy atom. The van der Waals surface area contributed by atoms with Gasteiger partial charge in [-0.1, -0.05) is 13.8 Å². The molecular weight excluding hydrogens is 244 g/mol. The van der Waals surface area contributed by atoms with Gasteiger partial charge in [-0.25, -0.2) is 0 Å². The molecule has 4 N–H and O–H groups in total. The van der Waals surface area contributed by atoms with Crippen molar-refractivity contribution in [3.8, 4) is 0 Å².